The summed E-state index contributed by atoms with van der Waals surface area (Å²) in [6.45, 7) is 0. The van der Waals surface area contributed by atoms with E-state index >= 15 is 0 Å². The zero-order chi connectivity index (χ0) is 16.7. The highest BCUT2D eigenvalue weighted by Gasteiger charge is 2.46. The number of benzene rings is 1. The first-order chi connectivity index (χ1) is 11.6. The number of thioether (sulfide) groups is 1. The maximum atomic E-state index is 12.9. The number of piperidine rings is 1. The van der Waals surface area contributed by atoms with Crippen molar-refractivity contribution in [2.24, 2.45) is 5.73 Å². The Morgan fingerprint density at radius 2 is 2.08 bits per heavy atom. The van der Waals surface area contributed by atoms with Crippen LogP contribution in [0.2, 0.25) is 0 Å². The molecule has 128 valence electrons. The van der Waals surface area contributed by atoms with E-state index in [2.05, 4.69) is 23.5 Å². The lowest BCUT2D eigenvalue weighted by Gasteiger charge is -2.36. The van der Waals surface area contributed by atoms with E-state index in [0.717, 1.165) is 32.1 Å². The number of amides is 2. The zero-order valence-corrected chi connectivity index (χ0v) is 14.4. The summed E-state index contributed by atoms with van der Waals surface area (Å²) in [5.74, 6) is 0.568. The topological polar surface area (TPSA) is 75.4 Å². The van der Waals surface area contributed by atoms with E-state index in [0.29, 0.717) is 5.75 Å². The summed E-state index contributed by atoms with van der Waals surface area (Å²) in [6, 6.07) is 7.54. The van der Waals surface area contributed by atoms with Crippen LogP contribution < -0.4 is 11.1 Å². The molecule has 1 aromatic rings. The Bertz CT molecular complexity index is 665. The van der Waals surface area contributed by atoms with Crippen LogP contribution in [0.1, 0.15) is 42.9 Å². The molecule has 1 aliphatic carbocycles. The van der Waals surface area contributed by atoms with Crippen molar-refractivity contribution in [1.82, 2.24) is 10.2 Å². The maximum absolute atomic E-state index is 12.9. The van der Waals surface area contributed by atoms with Gasteiger partial charge in [-0.2, -0.15) is 0 Å². The van der Waals surface area contributed by atoms with Crippen molar-refractivity contribution in [2.75, 3.05) is 5.75 Å². The molecule has 0 spiro atoms. The number of nitrogens with two attached hydrogens (primary N) is 1. The largest absolute Gasteiger partial charge is 0.347 e. The van der Waals surface area contributed by atoms with E-state index in [1.54, 1.807) is 16.7 Å². The molecular formula is C18H23N3O2S. The smallest absolute Gasteiger partial charge is 0.244 e. The third kappa shape index (κ3) is 2.71. The van der Waals surface area contributed by atoms with Gasteiger partial charge in [-0.15, -0.1) is 11.8 Å². The highest BCUT2D eigenvalue weighted by Crippen LogP contribution is 2.37. The van der Waals surface area contributed by atoms with Gasteiger partial charge in [-0.05, 0) is 43.2 Å². The lowest BCUT2D eigenvalue weighted by atomic mass is 9.87. The van der Waals surface area contributed by atoms with Crippen LogP contribution in [-0.4, -0.2) is 39.9 Å². The summed E-state index contributed by atoms with van der Waals surface area (Å²) in [4.78, 5) is 27.0. The second-order valence-corrected chi connectivity index (χ2v) is 8.10. The Morgan fingerprint density at radius 3 is 2.96 bits per heavy atom. The number of aryl methyl sites for hydroxylation is 1. The molecule has 2 heterocycles. The fourth-order valence-electron chi connectivity index (χ4n) is 4.09. The van der Waals surface area contributed by atoms with Crippen LogP contribution in [0.25, 0.3) is 0 Å². The first kappa shape index (κ1) is 16.0. The van der Waals surface area contributed by atoms with E-state index < -0.39 is 6.04 Å². The Labute approximate surface area is 146 Å². The van der Waals surface area contributed by atoms with Crippen LogP contribution in [-0.2, 0) is 16.0 Å². The van der Waals surface area contributed by atoms with Gasteiger partial charge in [0.1, 0.15) is 6.04 Å². The molecule has 2 saturated heterocycles. The number of carbonyl (C=O) groups is 2. The molecule has 2 aliphatic heterocycles. The molecule has 0 aromatic heterocycles. The third-order valence-corrected chi connectivity index (χ3v) is 6.73. The predicted octanol–water partition coefficient (Wildman–Crippen LogP) is 1.57. The zero-order valence-electron chi connectivity index (χ0n) is 13.6. The van der Waals surface area contributed by atoms with Gasteiger partial charge in [-0.25, -0.2) is 0 Å². The number of hydrogen-bond acceptors (Lipinski definition) is 4. The van der Waals surface area contributed by atoms with Gasteiger partial charge in [-0.1, -0.05) is 24.3 Å². The molecule has 1 unspecified atom stereocenters. The fourth-order valence-corrected chi connectivity index (χ4v) is 5.52. The standard InChI is InChI=1S/C18H23N3O2S/c19-13-8-9-16-21(18(13)23)15(10-24-16)17(22)20-14-7-3-5-11-4-1-2-6-12(11)14/h1-2,4,6,13-16H,3,5,7-10,19H2,(H,20,22)/t13-,14-,15-,16?/m0/s1. The second kappa shape index (κ2) is 6.41. The molecule has 3 N–H and O–H groups in total. The maximum Gasteiger partial charge on any atom is 0.244 e. The Hall–Kier alpha value is -1.53. The van der Waals surface area contributed by atoms with Crippen molar-refractivity contribution in [1.29, 1.82) is 0 Å². The summed E-state index contributed by atoms with van der Waals surface area (Å²) >= 11 is 1.70. The van der Waals surface area contributed by atoms with Gasteiger partial charge in [0.05, 0.1) is 17.5 Å². The summed E-state index contributed by atoms with van der Waals surface area (Å²) < 4.78 is 0. The Kier molecular flexibility index (Phi) is 4.26. The van der Waals surface area contributed by atoms with Gasteiger partial charge in [0.15, 0.2) is 0 Å². The molecule has 2 fully saturated rings. The average Bonchev–Trinajstić information content (AvgIpc) is 3.03. The van der Waals surface area contributed by atoms with Crippen molar-refractivity contribution in [3.8, 4) is 0 Å². The predicted molar refractivity (Wildman–Crippen MR) is 94.4 cm³/mol. The van der Waals surface area contributed by atoms with Crippen LogP contribution in [0.3, 0.4) is 0 Å². The van der Waals surface area contributed by atoms with Crippen LogP contribution in [0, 0.1) is 0 Å². The molecule has 24 heavy (non-hydrogen) atoms. The summed E-state index contributed by atoms with van der Waals surface area (Å²) in [5, 5.41) is 3.32. The van der Waals surface area contributed by atoms with E-state index in [1.807, 2.05) is 6.07 Å². The van der Waals surface area contributed by atoms with Crippen LogP contribution >= 0.6 is 11.8 Å². The lowest BCUT2D eigenvalue weighted by molar-refractivity contribution is -0.143. The minimum Gasteiger partial charge on any atom is -0.347 e. The van der Waals surface area contributed by atoms with Crippen molar-refractivity contribution < 1.29 is 9.59 Å². The first-order valence-electron chi connectivity index (χ1n) is 8.72. The van der Waals surface area contributed by atoms with Crippen molar-refractivity contribution in [3.05, 3.63) is 35.4 Å². The van der Waals surface area contributed by atoms with E-state index in [-0.39, 0.29) is 29.3 Å². The summed E-state index contributed by atoms with van der Waals surface area (Å²) in [7, 11) is 0. The molecule has 2 amide bonds. The summed E-state index contributed by atoms with van der Waals surface area (Å²) in [6.07, 6.45) is 4.71. The minimum absolute atomic E-state index is 0.0332. The molecular weight excluding hydrogens is 322 g/mol. The highest BCUT2D eigenvalue weighted by atomic mass is 32.2. The SMILES string of the molecule is N[C@H]1CCC2SC[C@@H](C(=O)N[C@H]3CCCc4ccccc43)N2C1=O. The van der Waals surface area contributed by atoms with Crippen molar-refractivity contribution >= 4 is 23.6 Å². The Morgan fingerprint density at radius 1 is 1.25 bits per heavy atom. The second-order valence-electron chi connectivity index (χ2n) is 6.89. The number of nitrogens with one attached hydrogen (secondary N) is 1. The monoisotopic (exact) mass is 345 g/mol. The van der Waals surface area contributed by atoms with Crippen molar-refractivity contribution in [3.63, 3.8) is 0 Å². The third-order valence-electron chi connectivity index (χ3n) is 5.38. The molecule has 0 saturated carbocycles. The van der Waals surface area contributed by atoms with Crippen molar-refractivity contribution in [2.45, 2.75) is 55.6 Å². The lowest BCUT2D eigenvalue weighted by Crippen LogP contribution is -2.57. The van der Waals surface area contributed by atoms with Gasteiger partial charge in [-0.3, -0.25) is 9.59 Å². The quantitative estimate of drug-likeness (QED) is 0.853. The average molecular weight is 345 g/mol. The van der Waals surface area contributed by atoms with Crippen LogP contribution in [0.5, 0.6) is 0 Å². The number of hydrogen-bond donors (Lipinski definition) is 2. The van der Waals surface area contributed by atoms with E-state index in [1.165, 1.54) is 11.1 Å². The molecule has 3 aliphatic rings. The minimum atomic E-state index is -0.453. The fraction of sp³-hybridized carbons (Fsp3) is 0.556. The van der Waals surface area contributed by atoms with E-state index in [9.17, 15) is 9.59 Å². The van der Waals surface area contributed by atoms with Gasteiger partial charge in [0.25, 0.3) is 0 Å². The number of carbonyl (C=O) groups excluding carboxylic acids is 2. The van der Waals surface area contributed by atoms with E-state index in [4.69, 9.17) is 5.73 Å². The Balaban J connectivity index is 1.50. The van der Waals surface area contributed by atoms with Gasteiger partial charge < -0.3 is 16.0 Å². The highest BCUT2D eigenvalue weighted by molar-refractivity contribution is 8.00. The van der Waals surface area contributed by atoms with Gasteiger partial charge >= 0.3 is 0 Å². The van der Waals surface area contributed by atoms with Crippen LogP contribution in [0.4, 0.5) is 0 Å². The normalized spacial score (nSPS) is 32.2. The molecule has 0 radical (unpaired) electrons. The molecule has 6 heteroatoms. The number of fused-ring (bicyclic) bond motifs is 2. The number of rotatable bonds is 2. The number of nitrogens with zero attached hydrogens (tertiary/aromatic N) is 1. The van der Waals surface area contributed by atoms with Crippen LogP contribution in [0.15, 0.2) is 24.3 Å². The first-order valence-corrected chi connectivity index (χ1v) is 9.77. The molecule has 4 rings (SSSR count). The molecule has 0 bridgehead atoms. The van der Waals surface area contributed by atoms with Gasteiger partial charge in [0, 0.05) is 5.75 Å². The summed E-state index contributed by atoms with van der Waals surface area (Å²) in [5.41, 5.74) is 8.46. The molecule has 4 atom stereocenters. The molecule has 1 aromatic carbocycles. The molecule has 5 nitrogen and oxygen atoms in total. The van der Waals surface area contributed by atoms with Gasteiger partial charge in [0.2, 0.25) is 11.8 Å².